The molecule has 7 heteroatoms. The monoisotopic (exact) mass is 370 g/mol. The van der Waals surface area contributed by atoms with Gasteiger partial charge in [-0.15, -0.1) is 0 Å². The Morgan fingerprint density at radius 2 is 2.19 bits per heavy atom. The Morgan fingerprint density at radius 1 is 1.27 bits per heavy atom. The number of aromatic nitrogens is 1. The minimum Gasteiger partial charge on any atom is -0.493 e. The van der Waals surface area contributed by atoms with Crippen molar-refractivity contribution >= 4 is 32.7 Å². The quantitative estimate of drug-likeness (QED) is 0.883. The molecule has 0 spiro atoms. The highest BCUT2D eigenvalue weighted by atomic mass is 32.1. The van der Waals surface area contributed by atoms with Gasteiger partial charge in [-0.1, -0.05) is 11.3 Å². The average Bonchev–Trinajstić information content (AvgIpc) is 3.15. The Labute approximate surface area is 156 Å². The van der Waals surface area contributed by atoms with Crippen LogP contribution in [-0.4, -0.2) is 53.7 Å². The minimum atomic E-state index is 0.0181. The Balaban J connectivity index is 1.39. The van der Waals surface area contributed by atoms with E-state index in [0.717, 1.165) is 66.1 Å². The molecule has 1 aliphatic carbocycles. The van der Waals surface area contributed by atoms with Crippen molar-refractivity contribution in [2.24, 2.45) is 0 Å². The molecule has 3 aliphatic heterocycles. The van der Waals surface area contributed by atoms with Gasteiger partial charge in [-0.05, 0) is 44.4 Å². The molecule has 1 aromatic heterocycles. The van der Waals surface area contributed by atoms with Crippen molar-refractivity contribution in [2.75, 3.05) is 24.6 Å². The third-order valence-corrected chi connectivity index (χ3v) is 7.22. The van der Waals surface area contributed by atoms with Crippen molar-refractivity contribution in [3.63, 3.8) is 0 Å². The predicted molar refractivity (Wildman–Crippen MR) is 101 cm³/mol. The van der Waals surface area contributed by atoms with E-state index in [9.17, 15) is 4.79 Å². The molecule has 2 atom stereocenters. The zero-order valence-electron chi connectivity index (χ0n) is 14.6. The number of anilines is 1. The highest BCUT2D eigenvalue weighted by Crippen LogP contribution is 2.40. The molecule has 1 aromatic carbocycles. The van der Waals surface area contributed by atoms with Crippen molar-refractivity contribution in [1.29, 1.82) is 0 Å². The van der Waals surface area contributed by atoms with E-state index in [4.69, 9.17) is 9.72 Å². The highest BCUT2D eigenvalue weighted by Gasteiger charge is 2.45. The van der Waals surface area contributed by atoms with E-state index in [1.54, 1.807) is 11.3 Å². The number of hydrogen-bond donors (Lipinski definition) is 1. The van der Waals surface area contributed by atoms with Gasteiger partial charge in [0.2, 0.25) is 0 Å². The van der Waals surface area contributed by atoms with E-state index in [-0.39, 0.29) is 18.1 Å². The number of hydrogen-bond acceptors (Lipinski definition) is 5. The standard InChI is InChI=1S/C19H22N4O2S/c24-18-20-13-2-1-8-22(11-3-4-11)10-14(13)23(18)19-21-17-12-7-9-25-15(12)5-6-16(17)26-19/h5-6,11,13-14H,1-4,7-10H2,(H,20,24)/t13-,14+/m0/s1. The molecule has 136 valence electrons. The first-order chi connectivity index (χ1) is 12.8. The number of nitrogens with one attached hydrogen (secondary N) is 1. The number of likely N-dealkylation sites (tertiary alicyclic amines) is 1. The van der Waals surface area contributed by atoms with Crippen LogP contribution in [0.1, 0.15) is 31.2 Å². The van der Waals surface area contributed by atoms with Crippen LogP contribution in [0.25, 0.3) is 10.2 Å². The third kappa shape index (κ3) is 2.26. The molecule has 4 aliphatic rings. The van der Waals surface area contributed by atoms with Crippen LogP contribution in [0.4, 0.5) is 9.93 Å². The third-order valence-electron chi connectivity index (χ3n) is 6.20. The molecule has 2 aromatic rings. The molecular weight excluding hydrogens is 348 g/mol. The number of thiazole rings is 1. The van der Waals surface area contributed by atoms with E-state index in [1.165, 1.54) is 18.4 Å². The van der Waals surface area contributed by atoms with Crippen LogP contribution >= 0.6 is 11.3 Å². The number of nitrogens with zero attached hydrogens (tertiary/aromatic N) is 3. The van der Waals surface area contributed by atoms with Gasteiger partial charge in [-0.3, -0.25) is 9.80 Å². The lowest BCUT2D eigenvalue weighted by atomic mass is 10.1. The van der Waals surface area contributed by atoms with E-state index in [1.807, 2.05) is 11.0 Å². The number of amides is 2. The van der Waals surface area contributed by atoms with Crippen LogP contribution < -0.4 is 15.0 Å². The van der Waals surface area contributed by atoms with E-state index in [2.05, 4.69) is 16.3 Å². The summed E-state index contributed by atoms with van der Waals surface area (Å²) in [7, 11) is 0. The van der Waals surface area contributed by atoms with Crippen LogP contribution in [-0.2, 0) is 6.42 Å². The zero-order valence-corrected chi connectivity index (χ0v) is 15.4. The van der Waals surface area contributed by atoms with Crippen LogP contribution in [0.2, 0.25) is 0 Å². The minimum absolute atomic E-state index is 0.0181. The number of urea groups is 1. The second-order valence-electron chi connectivity index (χ2n) is 7.85. The number of benzene rings is 1. The summed E-state index contributed by atoms with van der Waals surface area (Å²) in [4.78, 5) is 22.2. The first-order valence-corrected chi connectivity index (χ1v) is 10.5. The summed E-state index contributed by atoms with van der Waals surface area (Å²) >= 11 is 1.63. The highest BCUT2D eigenvalue weighted by molar-refractivity contribution is 7.22. The summed E-state index contributed by atoms with van der Waals surface area (Å²) in [6.45, 7) is 2.85. The predicted octanol–water partition coefficient (Wildman–Crippen LogP) is 2.76. The van der Waals surface area contributed by atoms with Gasteiger partial charge in [0, 0.05) is 24.6 Å². The second kappa shape index (κ2) is 5.57. The molecule has 6 rings (SSSR count). The molecule has 1 saturated carbocycles. The number of rotatable bonds is 2. The molecule has 2 amide bonds. The number of ether oxygens (including phenoxy) is 1. The molecule has 1 N–H and O–H groups in total. The van der Waals surface area contributed by atoms with Gasteiger partial charge in [0.05, 0.1) is 28.9 Å². The molecular formula is C19H22N4O2S. The molecule has 0 radical (unpaired) electrons. The Hall–Kier alpha value is -1.86. The van der Waals surface area contributed by atoms with Gasteiger partial charge in [0.1, 0.15) is 5.75 Å². The second-order valence-corrected chi connectivity index (χ2v) is 8.85. The van der Waals surface area contributed by atoms with E-state index >= 15 is 0 Å². The summed E-state index contributed by atoms with van der Waals surface area (Å²) in [5.74, 6) is 0.951. The molecule has 3 fully saturated rings. The lowest BCUT2D eigenvalue weighted by Gasteiger charge is -2.28. The maximum absolute atomic E-state index is 12.8. The van der Waals surface area contributed by atoms with Crippen LogP contribution in [0.5, 0.6) is 5.75 Å². The fraction of sp³-hybridized carbons (Fsp3) is 0.579. The molecule has 2 saturated heterocycles. The average molecular weight is 370 g/mol. The van der Waals surface area contributed by atoms with E-state index < -0.39 is 0 Å². The number of carbonyl (C=O) groups excluding carboxylic acids is 1. The van der Waals surface area contributed by atoms with Crippen molar-refractivity contribution < 1.29 is 9.53 Å². The lowest BCUT2D eigenvalue weighted by Crippen LogP contribution is -2.45. The summed E-state index contributed by atoms with van der Waals surface area (Å²) in [5, 5.41) is 4.06. The number of fused-ring (bicyclic) bond motifs is 4. The van der Waals surface area contributed by atoms with Crippen molar-refractivity contribution in [2.45, 2.75) is 50.2 Å². The Morgan fingerprint density at radius 3 is 3.08 bits per heavy atom. The van der Waals surface area contributed by atoms with Gasteiger partial charge >= 0.3 is 6.03 Å². The maximum Gasteiger partial charge on any atom is 0.324 e. The largest absolute Gasteiger partial charge is 0.493 e. The van der Waals surface area contributed by atoms with Crippen LogP contribution in [0.15, 0.2) is 12.1 Å². The van der Waals surface area contributed by atoms with E-state index in [0.29, 0.717) is 0 Å². The fourth-order valence-electron chi connectivity index (χ4n) is 4.74. The Bertz CT molecular complexity index is 893. The van der Waals surface area contributed by atoms with Gasteiger partial charge in [-0.25, -0.2) is 9.78 Å². The SMILES string of the molecule is O=C1N[C@H]2CCCN(C3CC3)C[C@H]2N1c1nc2c3c(ccc2s1)OCC3. The van der Waals surface area contributed by atoms with Gasteiger partial charge in [-0.2, -0.15) is 0 Å². The first-order valence-electron chi connectivity index (χ1n) is 9.67. The molecule has 0 unspecified atom stereocenters. The molecule has 4 heterocycles. The van der Waals surface area contributed by atoms with Gasteiger partial charge < -0.3 is 10.1 Å². The lowest BCUT2D eigenvalue weighted by molar-refractivity contribution is 0.246. The summed E-state index contributed by atoms with van der Waals surface area (Å²) < 4.78 is 6.82. The smallest absolute Gasteiger partial charge is 0.324 e. The van der Waals surface area contributed by atoms with Gasteiger partial charge in [0.15, 0.2) is 5.13 Å². The first kappa shape index (κ1) is 15.2. The normalized spacial score (nSPS) is 28.6. The molecule has 0 bridgehead atoms. The summed E-state index contributed by atoms with van der Waals surface area (Å²) in [6.07, 6.45) is 5.75. The fourth-order valence-corrected chi connectivity index (χ4v) is 5.79. The topological polar surface area (TPSA) is 57.7 Å². The zero-order chi connectivity index (χ0) is 17.3. The van der Waals surface area contributed by atoms with Crippen LogP contribution in [0.3, 0.4) is 0 Å². The van der Waals surface area contributed by atoms with Gasteiger partial charge in [0.25, 0.3) is 0 Å². The molecule has 6 nitrogen and oxygen atoms in total. The van der Waals surface area contributed by atoms with Crippen molar-refractivity contribution in [3.8, 4) is 5.75 Å². The van der Waals surface area contributed by atoms with Crippen LogP contribution in [0, 0.1) is 0 Å². The Kier molecular flexibility index (Phi) is 3.26. The van der Waals surface area contributed by atoms with Crippen molar-refractivity contribution in [3.05, 3.63) is 17.7 Å². The number of carbonyl (C=O) groups is 1. The summed E-state index contributed by atoms with van der Waals surface area (Å²) in [5.41, 5.74) is 2.21. The molecule has 26 heavy (non-hydrogen) atoms. The van der Waals surface area contributed by atoms with Crippen molar-refractivity contribution in [1.82, 2.24) is 15.2 Å². The maximum atomic E-state index is 12.8. The summed E-state index contributed by atoms with van der Waals surface area (Å²) in [6, 6.07) is 5.31.